The van der Waals surface area contributed by atoms with Gasteiger partial charge in [-0.05, 0) is 61.7 Å². The number of aromatic nitrogens is 3. The van der Waals surface area contributed by atoms with E-state index in [0.29, 0.717) is 53.5 Å². The smallest absolute Gasteiger partial charge is 0.330 e. The van der Waals surface area contributed by atoms with E-state index in [1.165, 1.54) is 28.8 Å². The van der Waals surface area contributed by atoms with Gasteiger partial charge in [0.1, 0.15) is 5.82 Å². The van der Waals surface area contributed by atoms with Crippen LogP contribution in [-0.4, -0.2) is 38.1 Å². The van der Waals surface area contributed by atoms with E-state index in [1.807, 2.05) is 50.2 Å². The molecule has 0 aliphatic carbocycles. The lowest BCUT2D eigenvalue weighted by atomic mass is 9.96. The van der Waals surface area contributed by atoms with Gasteiger partial charge in [-0.2, -0.15) is 9.61 Å². The summed E-state index contributed by atoms with van der Waals surface area (Å²) >= 11 is 6.55. The highest BCUT2D eigenvalue weighted by molar-refractivity contribution is 6.34. The third-order valence-electron chi connectivity index (χ3n) is 6.44. The lowest BCUT2D eigenvalue weighted by Gasteiger charge is -2.36. The largest absolute Gasteiger partial charge is 0.349 e. The second-order valence-corrected chi connectivity index (χ2v) is 9.83. The number of rotatable bonds is 9. The van der Waals surface area contributed by atoms with E-state index in [-0.39, 0.29) is 17.5 Å². The van der Waals surface area contributed by atoms with Crippen LogP contribution in [0.2, 0.25) is 5.02 Å². The highest BCUT2D eigenvalue weighted by Crippen LogP contribution is 2.32. The molecule has 2 heterocycles. The van der Waals surface area contributed by atoms with Crippen molar-refractivity contribution in [3.05, 3.63) is 105 Å². The first-order chi connectivity index (χ1) is 17.7. The van der Waals surface area contributed by atoms with Gasteiger partial charge in [-0.15, -0.1) is 0 Å². The minimum Gasteiger partial charge on any atom is -0.330 e. The lowest BCUT2D eigenvalue weighted by molar-refractivity contribution is 0.0609. The Hall–Kier alpha value is -3.49. The van der Waals surface area contributed by atoms with Crippen LogP contribution in [0.4, 0.5) is 4.39 Å². The zero-order valence-corrected chi connectivity index (χ0v) is 22.0. The Balaban J connectivity index is 1.94. The lowest BCUT2D eigenvalue weighted by Crippen LogP contribution is -2.42. The molecular formula is C28H31ClFN5O2. The van der Waals surface area contributed by atoms with Crippen LogP contribution in [0.5, 0.6) is 0 Å². The molecule has 2 aromatic heterocycles. The second kappa shape index (κ2) is 11.3. The van der Waals surface area contributed by atoms with Gasteiger partial charge in [0.15, 0.2) is 0 Å². The molecule has 0 radical (unpaired) electrons. The van der Waals surface area contributed by atoms with Gasteiger partial charge in [0.05, 0.1) is 28.8 Å². The summed E-state index contributed by atoms with van der Waals surface area (Å²) < 4.78 is 16.6. The summed E-state index contributed by atoms with van der Waals surface area (Å²) in [6.07, 6.45) is 0.563. The van der Waals surface area contributed by atoms with E-state index >= 15 is 0 Å². The van der Waals surface area contributed by atoms with Gasteiger partial charge in [-0.1, -0.05) is 55.8 Å². The Morgan fingerprint density at radius 2 is 1.81 bits per heavy atom. The third-order valence-corrected chi connectivity index (χ3v) is 6.91. The van der Waals surface area contributed by atoms with E-state index in [4.69, 9.17) is 17.3 Å². The van der Waals surface area contributed by atoms with Crippen molar-refractivity contribution >= 4 is 23.0 Å². The SMILES string of the molecule is Cc1nn2c(=O)n(Cc3ccccc3)c(C(C(C)C)N(CCCN)C(=O)c3ccc(F)cc3)cc2c1Cl. The molecule has 4 rings (SSSR count). The highest BCUT2D eigenvalue weighted by atomic mass is 35.5. The molecule has 0 aliphatic rings. The summed E-state index contributed by atoms with van der Waals surface area (Å²) in [7, 11) is 0. The fourth-order valence-electron chi connectivity index (χ4n) is 4.66. The maximum atomic E-state index is 13.8. The Labute approximate surface area is 220 Å². The molecule has 2 aromatic carbocycles. The minimum absolute atomic E-state index is 0.0751. The van der Waals surface area contributed by atoms with Crippen molar-refractivity contribution in [3.8, 4) is 0 Å². The zero-order valence-electron chi connectivity index (χ0n) is 21.2. The summed E-state index contributed by atoms with van der Waals surface area (Å²) in [5, 5.41) is 4.76. The van der Waals surface area contributed by atoms with Crippen molar-refractivity contribution in [3.63, 3.8) is 0 Å². The minimum atomic E-state index is -0.489. The molecule has 0 bridgehead atoms. The molecule has 0 spiro atoms. The average molecular weight is 524 g/mol. The molecule has 0 fully saturated rings. The maximum absolute atomic E-state index is 13.8. The number of hydrogen-bond acceptors (Lipinski definition) is 4. The normalized spacial score (nSPS) is 12.3. The molecule has 2 N–H and O–H groups in total. The topological polar surface area (TPSA) is 85.6 Å². The highest BCUT2D eigenvalue weighted by Gasteiger charge is 2.32. The van der Waals surface area contributed by atoms with Gasteiger partial charge < -0.3 is 10.6 Å². The molecule has 0 saturated heterocycles. The molecular weight excluding hydrogens is 493 g/mol. The molecule has 1 unspecified atom stereocenters. The Morgan fingerprint density at radius 3 is 2.43 bits per heavy atom. The second-order valence-electron chi connectivity index (χ2n) is 9.46. The molecule has 0 aliphatic heterocycles. The summed E-state index contributed by atoms with van der Waals surface area (Å²) in [5.74, 6) is -0.756. The molecule has 0 saturated carbocycles. The molecule has 4 aromatic rings. The first-order valence-corrected chi connectivity index (χ1v) is 12.7. The van der Waals surface area contributed by atoms with Crippen molar-refractivity contribution in [2.75, 3.05) is 13.1 Å². The number of carbonyl (C=O) groups is 1. The third kappa shape index (κ3) is 5.45. The van der Waals surface area contributed by atoms with E-state index in [9.17, 15) is 14.0 Å². The number of amides is 1. The number of benzene rings is 2. The first kappa shape index (κ1) is 26.6. The number of nitrogens with zero attached hydrogens (tertiary/aromatic N) is 4. The molecule has 1 amide bonds. The van der Waals surface area contributed by atoms with Crippen molar-refractivity contribution in [2.24, 2.45) is 11.7 Å². The Kier molecular flexibility index (Phi) is 8.10. The van der Waals surface area contributed by atoms with Crippen molar-refractivity contribution in [2.45, 2.75) is 39.8 Å². The van der Waals surface area contributed by atoms with Crippen LogP contribution in [0.1, 0.15) is 53.6 Å². The fourth-order valence-corrected chi connectivity index (χ4v) is 4.83. The maximum Gasteiger partial charge on any atom is 0.349 e. The zero-order chi connectivity index (χ0) is 26.7. The number of halogens is 2. The van der Waals surface area contributed by atoms with Gasteiger partial charge >= 0.3 is 5.69 Å². The summed E-state index contributed by atoms with van der Waals surface area (Å²) in [4.78, 5) is 29.3. The van der Waals surface area contributed by atoms with Gasteiger partial charge in [0.2, 0.25) is 0 Å². The molecule has 194 valence electrons. The van der Waals surface area contributed by atoms with E-state index < -0.39 is 11.9 Å². The number of aryl methyl sites for hydroxylation is 1. The van der Waals surface area contributed by atoms with Gasteiger partial charge in [-0.25, -0.2) is 9.18 Å². The van der Waals surface area contributed by atoms with Crippen LogP contribution in [0.3, 0.4) is 0 Å². The number of fused-ring (bicyclic) bond motifs is 1. The average Bonchev–Trinajstić information content (AvgIpc) is 3.17. The number of carbonyl (C=O) groups excluding carboxylic acids is 1. The molecule has 7 nitrogen and oxygen atoms in total. The monoisotopic (exact) mass is 523 g/mol. The van der Waals surface area contributed by atoms with Crippen LogP contribution in [0, 0.1) is 18.7 Å². The molecule has 9 heteroatoms. The van der Waals surface area contributed by atoms with E-state index in [0.717, 1.165) is 5.56 Å². The first-order valence-electron chi connectivity index (χ1n) is 12.3. The quantitative estimate of drug-likeness (QED) is 0.340. The Morgan fingerprint density at radius 1 is 1.14 bits per heavy atom. The predicted octanol–water partition coefficient (Wildman–Crippen LogP) is 4.83. The van der Waals surface area contributed by atoms with Crippen molar-refractivity contribution in [1.82, 2.24) is 19.1 Å². The molecule has 1 atom stereocenters. The number of hydrogen-bond donors (Lipinski definition) is 1. The van der Waals surface area contributed by atoms with Crippen LogP contribution in [0.25, 0.3) is 5.52 Å². The summed E-state index contributed by atoms with van der Waals surface area (Å²) in [5.41, 5.74) is 8.46. The standard InChI is InChI=1S/C28H31ClFN5O2/c1-18(2)26(33(15-7-14-31)27(36)21-10-12-22(30)13-11-21)24-16-23-25(29)19(3)32-35(23)28(37)34(24)17-20-8-5-4-6-9-20/h4-6,8-13,16,18,26H,7,14-15,17,31H2,1-3H3. The van der Waals surface area contributed by atoms with Gasteiger partial charge in [0, 0.05) is 17.8 Å². The van der Waals surface area contributed by atoms with Crippen molar-refractivity contribution in [1.29, 1.82) is 0 Å². The van der Waals surface area contributed by atoms with Crippen LogP contribution >= 0.6 is 11.6 Å². The van der Waals surface area contributed by atoms with Crippen LogP contribution in [-0.2, 0) is 6.54 Å². The predicted molar refractivity (Wildman–Crippen MR) is 143 cm³/mol. The summed E-state index contributed by atoms with van der Waals surface area (Å²) in [6, 6.07) is 16.5. The van der Waals surface area contributed by atoms with E-state index in [1.54, 1.807) is 16.4 Å². The van der Waals surface area contributed by atoms with Crippen LogP contribution in [0.15, 0.2) is 65.5 Å². The molecule has 37 heavy (non-hydrogen) atoms. The van der Waals surface area contributed by atoms with Gasteiger partial charge in [-0.3, -0.25) is 9.36 Å². The fraction of sp³-hybridized carbons (Fsp3) is 0.321. The van der Waals surface area contributed by atoms with Crippen molar-refractivity contribution < 1.29 is 9.18 Å². The summed E-state index contributed by atoms with van der Waals surface area (Å²) in [6.45, 7) is 6.81. The van der Waals surface area contributed by atoms with Gasteiger partial charge in [0.25, 0.3) is 5.91 Å². The van der Waals surface area contributed by atoms with Crippen LogP contribution < -0.4 is 11.4 Å². The van der Waals surface area contributed by atoms with E-state index in [2.05, 4.69) is 5.10 Å². The number of nitrogens with two attached hydrogens (primary N) is 1. The Bertz CT molecular complexity index is 1450.